The zero-order valence-electron chi connectivity index (χ0n) is 28.4. The quantitative estimate of drug-likeness (QED) is 0.262. The Kier molecular flexibility index (Phi) is 5.69. The minimum absolute atomic E-state index is 0.0720. The summed E-state index contributed by atoms with van der Waals surface area (Å²) in [5, 5.41) is 0. The van der Waals surface area contributed by atoms with Gasteiger partial charge in [0.1, 0.15) is 23.4 Å². The average molecular weight is 635 g/mol. The van der Waals surface area contributed by atoms with E-state index in [-0.39, 0.29) is 24.1 Å². The predicted octanol–water partition coefficient (Wildman–Crippen LogP) is 8.89. The normalized spacial score (nSPS) is 30.8. The van der Waals surface area contributed by atoms with E-state index in [1.54, 1.807) is 11.1 Å². The highest BCUT2D eigenvalue weighted by Crippen LogP contribution is 2.62. The van der Waals surface area contributed by atoms with Crippen LogP contribution in [-0.2, 0) is 5.41 Å². The first-order valence-corrected chi connectivity index (χ1v) is 18.4. The van der Waals surface area contributed by atoms with Crippen molar-refractivity contribution in [3.8, 4) is 11.5 Å². The molecule has 1 spiro atoms. The SMILES string of the molecule is CC1C=CC2=C(C1)C1(C3=C2C=CC(C)C3)c2cccc3c2B2C4=C(O3)C(C3=CC=CCC3C)=CC(c3ccccc3)C4Oc3cccc1c32. The van der Waals surface area contributed by atoms with E-state index in [2.05, 4.69) is 136 Å². The summed E-state index contributed by atoms with van der Waals surface area (Å²) in [6, 6.07) is 24.9. The fourth-order valence-corrected chi connectivity index (χ4v) is 10.8. The van der Waals surface area contributed by atoms with Crippen LogP contribution in [0.5, 0.6) is 11.5 Å². The van der Waals surface area contributed by atoms with Crippen LogP contribution in [0.1, 0.15) is 62.6 Å². The van der Waals surface area contributed by atoms with Gasteiger partial charge in [-0.25, -0.2) is 0 Å². The van der Waals surface area contributed by atoms with Crippen LogP contribution in [0.25, 0.3) is 0 Å². The van der Waals surface area contributed by atoms with E-state index in [1.165, 1.54) is 55.4 Å². The molecule has 3 aliphatic heterocycles. The highest BCUT2D eigenvalue weighted by Gasteiger charge is 2.60. The van der Waals surface area contributed by atoms with Crippen LogP contribution in [0.2, 0.25) is 0 Å². The van der Waals surface area contributed by atoms with Crippen LogP contribution >= 0.6 is 0 Å². The van der Waals surface area contributed by atoms with Crippen LogP contribution in [0, 0.1) is 17.8 Å². The van der Waals surface area contributed by atoms with Gasteiger partial charge in [0, 0.05) is 11.5 Å². The molecule has 11 rings (SSSR count). The first-order chi connectivity index (χ1) is 24.0. The van der Waals surface area contributed by atoms with Gasteiger partial charge in [0.15, 0.2) is 0 Å². The smallest absolute Gasteiger partial charge is 0.256 e. The number of allylic oxidation sites excluding steroid dienone is 12. The van der Waals surface area contributed by atoms with Crippen LogP contribution in [0.4, 0.5) is 0 Å². The molecule has 49 heavy (non-hydrogen) atoms. The zero-order valence-corrected chi connectivity index (χ0v) is 28.4. The lowest BCUT2D eigenvalue weighted by molar-refractivity contribution is 0.214. The molecule has 2 nitrogen and oxygen atoms in total. The highest BCUT2D eigenvalue weighted by molar-refractivity contribution is 6.94. The number of ether oxygens (including phenoxy) is 2. The molecule has 0 amide bonds. The molecule has 0 bridgehead atoms. The molecule has 0 radical (unpaired) electrons. The average Bonchev–Trinajstić information content (AvgIpc) is 3.40. The summed E-state index contributed by atoms with van der Waals surface area (Å²) in [7, 11) is 0. The zero-order chi connectivity index (χ0) is 32.6. The molecular weight excluding hydrogens is 595 g/mol. The van der Waals surface area contributed by atoms with Crippen molar-refractivity contribution in [1.82, 2.24) is 0 Å². The lowest BCUT2D eigenvalue weighted by atomic mass is 9.27. The van der Waals surface area contributed by atoms with E-state index in [4.69, 9.17) is 9.47 Å². The van der Waals surface area contributed by atoms with Gasteiger partial charge < -0.3 is 9.47 Å². The van der Waals surface area contributed by atoms with Crippen molar-refractivity contribution in [2.24, 2.45) is 17.8 Å². The van der Waals surface area contributed by atoms with Crippen molar-refractivity contribution >= 4 is 17.6 Å². The molecule has 0 N–H and O–H groups in total. The molecular formula is C46H39BO2. The first-order valence-electron chi connectivity index (χ1n) is 18.4. The van der Waals surface area contributed by atoms with E-state index in [1.807, 2.05) is 0 Å². The maximum Gasteiger partial charge on any atom is 0.256 e. The fourth-order valence-electron chi connectivity index (χ4n) is 10.8. The van der Waals surface area contributed by atoms with E-state index in [0.717, 1.165) is 36.5 Å². The van der Waals surface area contributed by atoms with Crippen LogP contribution < -0.4 is 20.4 Å². The molecule has 3 heteroatoms. The van der Waals surface area contributed by atoms with Crippen molar-refractivity contribution in [3.05, 3.63) is 177 Å². The standard InChI is InChI=1S/C46H39BO2/c1-26-19-21-31-32-22-20-27(2)24-38(32)46(37(31)23-26)35-15-9-17-39-41(35)47-42-36(46)16-10-18-40(42)49-45-34(30-14-8-7-11-28(30)3)25-33(44(48-39)43(45)47)29-12-5-4-6-13-29/h4-10,12-22,25-28,33,44H,11,23-24H2,1-3H3. The molecule has 0 saturated heterocycles. The van der Waals surface area contributed by atoms with Gasteiger partial charge in [0.05, 0.1) is 5.41 Å². The Morgan fingerprint density at radius 3 is 2.12 bits per heavy atom. The lowest BCUT2D eigenvalue weighted by Gasteiger charge is -2.52. The third kappa shape index (κ3) is 3.54. The van der Waals surface area contributed by atoms with Crippen LogP contribution in [0.3, 0.4) is 0 Å². The summed E-state index contributed by atoms with van der Waals surface area (Å²) in [6.45, 7) is 7.18. The molecule has 5 unspecified atom stereocenters. The molecule has 3 aromatic carbocycles. The van der Waals surface area contributed by atoms with Gasteiger partial charge in [0.2, 0.25) is 0 Å². The number of hydrogen-bond donors (Lipinski definition) is 0. The molecule has 3 heterocycles. The van der Waals surface area contributed by atoms with Crippen molar-refractivity contribution in [2.75, 3.05) is 0 Å². The first kappa shape index (κ1) is 28.1. The highest BCUT2D eigenvalue weighted by atomic mass is 16.5. The molecule has 8 aliphatic rings. The van der Waals surface area contributed by atoms with E-state index >= 15 is 0 Å². The van der Waals surface area contributed by atoms with E-state index < -0.39 is 0 Å². The number of rotatable bonds is 2. The number of fused-ring (bicyclic) bond motifs is 5. The van der Waals surface area contributed by atoms with E-state index in [0.29, 0.717) is 17.8 Å². The summed E-state index contributed by atoms with van der Waals surface area (Å²) in [6.07, 6.45) is 22.0. The van der Waals surface area contributed by atoms with Gasteiger partial charge in [-0.3, -0.25) is 0 Å². The number of hydrogen-bond acceptors (Lipinski definition) is 2. The Labute approximate surface area is 289 Å². The summed E-state index contributed by atoms with van der Waals surface area (Å²) in [4.78, 5) is 0. The van der Waals surface area contributed by atoms with Gasteiger partial charge in [-0.05, 0) is 110 Å². The minimum atomic E-state index is -0.328. The summed E-state index contributed by atoms with van der Waals surface area (Å²) < 4.78 is 14.7. The van der Waals surface area contributed by atoms with Gasteiger partial charge in [-0.2, -0.15) is 0 Å². The van der Waals surface area contributed by atoms with Gasteiger partial charge in [-0.1, -0.05) is 124 Å². The van der Waals surface area contributed by atoms with Gasteiger partial charge in [0.25, 0.3) is 6.71 Å². The predicted molar refractivity (Wildman–Crippen MR) is 199 cm³/mol. The van der Waals surface area contributed by atoms with Crippen LogP contribution in [0.15, 0.2) is 160 Å². The maximum atomic E-state index is 7.37. The third-order valence-electron chi connectivity index (χ3n) is 12.8. The van der Waals surface area contributed by atoms with Crippen molar-refractivity contribution in [3.63, 3.8) is 0 Å². The molecule has 5 atom stereocenters. The van der Waals surface area contributed by atoms with Gasteiger partial charge in [-0.15, -0.1) is 0 Å². The number of benzene rings is 3. The lowest BCUT2D eigenvalue weighted by Crippen LogP contribution is -2.65. The van der Waals surface area contributed by atoms with Crippen LogP contribution in [-0.4, -0.2) is 12.8 Å². The summed E-state index contributed by atoms with van der Waals surface area (Å²) in [5.74, 6) is 4.53. The summed E-state index contributed by atoms with van der Waals surface area (Å²) in [5.41, 5.74) is 16.4. The molecule has 238 valence electrons. The monoisotopic (exact) mass is 634 g/mol. The Morgan fingerprint density at radius 1 is 0.755 bits per heavy atom. The Morgan fingerprint density at radius 2 is 1.43 bits per heavy atom. The van der Waals surface area contributed by atoms with Crippen molar-refractivity contribution in [2.45, 2.75) is 57.5 Å². The van der Waals surface area contributed by atoms with Crippen molar-refractivity contribution < 1.29 is 9.47 Å². The molecule has 5 aliphatic carbocycles. The second-order valence-corrected chi connectivity index (χ2v) is 15.6. The van der Waals surface area contributed by atoms with E-state index in [9.17, 15) is 0 Å². The summed E-state index contributed by atoms with van der Waals surface area (Å²) >= 11 is 0. The Balaban J connectivity index is 1.23. The molecule has 0 aromatic heterocycles. The minimum Gasteiger partial charge on any atom is -0.486 e. The van der Waals surface area contributed by atoms with Gasteiger partial charge >= 0.3 is 0 Å². The Hall–Kier alpha value is -4.76. The largest absolute Gasteiger partial charge is 0.486 e. The molecule has 0 fully saturated rings. The second-order valence-electron chi connectivity index (χ2n) is 15.6. The third-order valence-corrected chi connectivity index (χ3v) is 12.8. The Bertz CT molecular complexity index is 2230. The van der Waals surface area contributed by atoms with Crippen molar-refractivity contribution in [1.29, 1.82) is 0 Å². The maximum absolute atomic E-state index is 7.37. The molecule has 3 aromatic rings. The topological polar surface area (TPSA) is 18.5 Å². The molecule has 0 saturated carbocycles. The second kappa shape index (κ2) is 9.91. The fraction of sp³-hybridized carbons (Fsp3) is 0.261.